The van der Waals surface area contributed by atoms with E-state index < -0.39 is 0 Å². The van der Waals surface area contributed by atoms with Crippen LogP contribution in [0.4, 0.5) is 11.4 Å². The zero-order valence-corrected chi connectivity index (χ0v) is 12.8. The Bertz CT molecular complexity index is 492. The largest absolute Gasteiger partial charge is 0.397 e. The molecule has 0 radical (unpaired) electrons. The Morgan fingerprint density at radius 1 is 1.60 bits per heavy atom. The maximum atomic E-state index is 12.3. The summed E-state index contributed by atoms with van der Waals surface area (Å²) >= 11 is 5.88. The summed E-state index contributed by atoms with van der Waals surface area (Å²) in [5.74, 6) is 0.00655. The van der Waals surface area contributed by atoms with Crippen molar-refractivity contribution in [2.45, 2.75) is 45.2 Å². The molecule has 4 nitrogen and oxygen atoms in total. The fourth-order valence-electron chi connectivity index (χ4n) is 2.83. The minimum atomic E-state index is -0.126. The molecule has 20 heavy (non-hydrogen) atoms. The van der Waals surface area contributed by atoms with Gasteiger partial charge >= 0.3 is 0 Å². The fourth-order valence-corrected chi connectivity index (χ4v) is 2.94. The van der Waals surface area contributed by atoms with E-state index in [1.807, 2.05) is 6.92 Å². The molecule has 1 amide bonds. The van der Waals surface area contributed by atoms with Crippen molar-refractivity contribution in [2.24, 2.45) is 0 Å². The molecule has 0 saturated carbocycles. The fraction of sp³-hybridized carbons (Fsp3) is 0.533. The lowest BCUT2D eigenvalue weighted by Gasteiger charge is -2.29. The summed E-state index contributed by atoms with van der Waals surface area (Å²) < 4.78 is 0. The molecule has 1 aromatic carbocycles. The summed E-state index contributed by atoms with van der Waals surface area (Å²) in [5.41, 5.74) is 6.91. The van der Waals surface area contributed by atoms with Crippen molar-refractivity contribution in [3.8, 4) is 0 Å². The highest BCUT2D eigenvalue weighted by molar-refractivity contribution is 6.33. The molecule has 5 heteroatoms. The second kappa shape index (κ2) is 6.46. The van der Waals surface area contributed by atoms with Crippen LogP contribution >= 0.6 is 11.6 Å². The Kier molecular flexibility index (Phi) is 4.89. The van der Waals surface area contributed by atoms with Gasteiger partial charge in [-0.25, -0.2) is 0 Å². The minimum absolute atomic E-state index is 0.00655. The first-order valence-corrected chi connectivity index (χ1v) is 7.52. The maximum Gasteiger partial charge on any atom is 0.241 e. The summed E-state index contributed by atoms with van der Waals surface area (Å²) in [6.45, 7) is 5.13. The minimum Gasteiger partial charge on any atom is -0.397 e. The van der Waals surface area contributed by atoms with Gasteiger partial charge in [-0.3, -0.25) is 9.69 Å². The van der Waals surface area contributed by atoms with Gasteiger partial charge in [0.15, 0.2) is 0 Å². The second-order valence-electron chi connectivity index (χ2n) is 5.34. The van der Waals surface area contributed by atoms with Crippen LogP contribution in [-0.2, 0) is 4.79 Å². The Hall–Kier alpha value is -1.26. The molecule has 0 bridgehead atoms. The summed E-state index contributed by atoms with van der Waals surface area (Å²) in [6, 6.07) is 5.55. The van der Waals surface area contributed by atoms with Gasteiger partial charge in [-0.05, 0) is 50.9 Å². The average Bonchev–Trinajstić information content (AvgIpc) is 2.90. The number of hydrogen-bond acceptors (Lipinski definition) is 3. The van der Waals surface area contributed by atoms with E-state index in [0.29, 0.717) is 22.4 Å². The number of carbonyl (C=O) groups is 1. The number of nitrogens with one attached hydrogen (secondary N) is 1. The van der Waals surface area contributed by atoms with Crippen LogP contribution in [0.3, 0.4) is 0 Å². The predicted octanol–water partition coefficient (Wildman–Crippen LogP) is 3.12. The lowest BCUT2D eigenvalue weighted by Crippen LogP contribution is -2.44. The third kappa shape index (κ3) is 3.25. The molecular weight excluding hydrogens is 274 g/mol. The Morgan fingerprint density at radius 2 is 2.35 bits per heavy atom. The number of hydrogen-bond donors (Lipinski definition) is 2. The second-order valence-corrected chi connectivity index (χ2v) is 5.75. The highest BCUT2D eigenvalue weighted by Gasteiger charge is 2.30. The van der Waals surface area contributed by atoms with Crippen molar-refractivity contribution in [3.63, 3.8) is 0 Å². The summed E-state index contributed by atoms with van der Waals surface area (Å²) in [4.78, 5) is 14.6. The van der Waals surface area contributed by atoms with E-state index in [1.54, 1.807) is 18.2 Å². The quantitative estimate of drug-likeness (QED) is 0.839. The number of likely N-dealkylation sites (tertiary alicyclic amines) is 1. The summed E-state index contributed by atoms with van der Waals surface area (Å²) in [7, 11) is 0. The van der Waals surface area contributed by atoms with Crippen molar-refractivity contribution < 1.29 is 4.79 Å². The molecule has 1 fully saturated rings. The van der Waals surface area contributed by atoms with E-state index in [1.165, 1.54) is 12.8 Å². The van der Waals surface area contributed by atoms with E-state index >= 15 is 0 Å². The van der Waals surface area contributed by atoms with E-state index in [2.05, 4.69) is 17.1 Å². The molecular formula is C15H22ClN3O. The first-order valence-electron chi connectivity index (χ1n) is 7.14. The SMILES string of the molecule is CCC1CCCN1C(C)C(=O)Nc1ccc(Cl)c(N)c1. The predicted molar refractivity (Wildman–Crippen MR) is 84.0 cm³/mol. The standard InChI is InChI=1S/C15H22ClN3O/c1-3-12-5-4-8-19(12)10(2)15(20)18-11-6-7-13(16)14(17)9-11/h6-7,9-10,12H,3-5,8,17H2,1-2H3,(H,18,20). The van der Waals surface area contributed by atoms with Crippen LogP contribution in [0.25, 0.3) is 0 Å². The number of nitrogens with two attached hydrogens (primary N) is 1. The lowest BCUT2D eigenvalue weighted by atomic mass is 10.1. The van der Waals surface area contributed by atoms with E-state index in [9.17, 15) is 4.79 Å². The van der Waals surface area contributed by atoms with Crippen molar-refractivity contribution >= 4 is 28.9 Å². The number of nitrogen functional groups attached to an aromatic ring is 1. The molecule has 2 unspecified atom stereocenters. The Labute approximate surface area is 125 Å². The van der Waals surface area contributed by atoms with Gasteiger partial charge in [-0.15, -0.1) is 0 Å². The third-order valence-electron chi connectivity index (χ3n) is 4.03. The van der Waals surface area contributed by atoms with Crippen molar-refractivity contribution in [2.75, 3.05) is 17.6 Å². The van der Waals surface area contributed by atoms with Gasteiger partial charge in [-0.2, -0.15) is 0 Å². The molecule has 2 rings (SSSR count). The van der Waals surface area contributed by atoms with Crippen LogP contribution in [0.1, 0.15) is 33.1 Å². The maximum absolute atomic E-state index is 12.3. The molecule has 0 aliphatic carbocycles. The van der Waals surface area contributed by atoms with E-state index in [0.717, 1.165) is 13.0 Å². The summed E-state index contributed by atoms with van der Waals surface area (Å²) in [6.07, 6.45) is 3.44. The normalized spacial score (nSPS) is 20.9. The number of halogens is 1. The number of carbonyl (C=O) groups excluding carboxylic acids is 1. The van der Waals surface area contributed by atoms with Crippen molar-refractivity contribution in [1.82, 2.24) is 4.90 Å². The Balaban J connectivity index is 2.02. The highest BCUT2D eigenvalue weighted by Crippen LogP contribution is 2.25. The van der Waals surface area contributed by atoms with Crippen LogP contribution < -0.4 is 11.1 Å². The molecule has 1 aliphatic heterocycles. The molecule has 1 saturated heterocycles. The van der Waals surface area contributed by atoms with E-state index in [4.69, 9.17) is 17.3 Å². The number of amides is 1. The topological polar surface area (TPSA) is 58.4 Å². The number of anilines is 2. The molecule has 1 aliphatic rings. The average molecular weight is 296 g/mol. The van der Waals surface area contributed by atoms with Crippen LogP contribution in [-0.4, -0.2) is 29.4 Å². The van der Waals surface area contributed by atoms with Gasteiger partial charge in [0, 0.05) is 11.7 Å². The smallest absolute Gasteiger partial charge is 0.241 e. The highest BCUT2D eigenvalue weighted by atomic mass is 35.5. The van der Waals surface area contributed by atoms with Crippen molar-refractivity contribution in [1.29, 1.82) is 0 Å². The number of rotatable bonds is 4. The molecule has 0 aromatic heterocycles. The molecule has 3 N–H and O–H groups in total. The van der Waals surface area contributed by atoms with Gasteiger partial charge in [-0.1, -0.05) is 18.5 Å². The van der Waals surface area contributed by atoms with Gasteiger partial charge in [0.2, 0.25) is 5.91 Å². The molecule has 1 aromatic rings. The van der Waals surface area contributed by atoms with Crippen LogP contribution in [0.2, 0.25) is 5.02 Å². The van der Waals surface area contributed by atoms with Crippen LogP contribution in [0.15, 0.2) is 18.2 Å². The number of nitrogens with zero attached hydrogens (tertiary/aromatic N) is 1. The van der Waals surface area contributed by atoms with E-state index in [-0.39, 0.29) is 11.9 Å². The van der Waals surface area contributed by atoms with Gasteiger partial charge in [0.05, 0.1) is 16.8 Å². The van der Waals surface area contributed by atoms with Crippen molar-refractivity contribution in [3.05, 3.63) is 23.2 Å². The monoisotopic (exact) mass is 295 g/mol. The van der Waals surface area contributed by atoms with Crippen LogP contribution in [0, 0.1) is 0 Å². The van der Waals surface area contributed by atoms with Crippen LogP contribution in [0.5, 0.6) is 0 Å². The first kappa shape index (κ1) is 15.1. The zero-order valence-electron chi connectivity index (χ0n) is 12.0. The van der Waals surface area contributed by atoms with Gasteiger partial charge in [0.1, 0.15) is 0 Å². The molecule has 110 valence electrons. The molecule has 0 spiro atoms. The Morgan fingerprint density at radius 3 is 3.00 bits per heavy atom. The third-order valence-corrected chi connectivity index (χ3v) is 4.38. The van der Waals surface area contributed by atoms with Gasteiger partial charge < -0.3 is 11.1 Å². The first-order chi connectivity index (χ1) is 9.52. The molecule has 2 atom stereocenters. The zero-order chi connectivity index (χ0) is 14.7. The lowest BCUT2D eigenvalue weighted by molar-refractivity contribution is -0.121. The number of benzene rings is 1. The molecule has 1 heterocycles. The van der Waals surface area contributed by atoms with Gasteiger partial charge in [0.25, 0.3) is 0 Å². The summed E-state index contributed by atoms with van der Waals surface area (Å²) in [5, 5.41) is 3.41.